The van der Waals surface area contributed by atoms with Crippen LogP contribution < -0.4 is 0 Å². The maximum Gasteiger partial charge on any atom is 0.158 e. The van der Waals surface area contributed by atoms with Crippen LogP contribution in [0.25, 0.3) is 0 Å². The van der Waals surface area contributed by atoms with Crippen LogP contribution in [0.1, 0.15) is 46.5 Å². The molecule has 4 nitrogen and oxygen atoms in total. The molecule has 2 fully saturated rings. The third-order valence-corrected chi connectivity index (χ3v) is 6.61. The third-order valence-electron chi connectivity index (χ3n) is 6.61. The first-order chi connectivity index (χ1) is 11.9. The molecule has 144 valence electrons. The van der Waals surface area contributed by atoms with E-state index < -0.39 is 0 Å². The van der Waals surface area contributed by atoms with Crippen LogP contribution in [-0.2, 0) is 19.0 Å². The number of methoxy groups -OCH3 is 3. The fourth-order valence-electron chi connectivity index (χ4n) is 4.72. The van der Waals surface area contributed by atoms with Gasteiger partial charge in [-0.2, -0.15) is 0 Å². The third kappa shape index (κ3) is 4.93. The first-order valence-electron chi connectivity index (χ1n) is 9.71. The number of carbonyl (C=O) groups excluding carboxylic acids is 1. The van der Waals surface area contributed by atoms with Crippen molar-refractivity contribution in [2.24, 2.45) is 29.6 Å². The fourth-order valence-corrected chi connectivity index (χ4v) is 4.72. The van der Waals surface area contributed by atoms with Crippen LogP contribution in [0.4, 0.5) is 0 Å². The molecule has 6 atom stereocenters. The normalized spacial score (nSPS) is 42.6. The molecule has 0 aliphatic heterocycles. The predicted octanol–water partition coefficient (Wildman–Crippen LogP) is 3.89. The fraction of sp³-hybridized carbons (Fsp3) is 0.857. The van der Waals surface area contributed by atoms with E-state index in [4.69, 9.17) is 14.2 Å². The summed E-state index contributed by atoms with van der Waals surface area (Å²) in [6.07, 6.45) is 7.79. The first-order valence-corrected chi connectivity index (χ1v) is 9.71. The highest BCUT2D eigenvalue weighted by atomic mass is 16.6. The summed E-state index contributed by atoms with van der Waals surface area (Å²) in [6, 6.07) is 0. The Morgan fingerprint density at radius 1 is 0.800 bits per heavy atom. The number of hydrogen-bond acceptors (Lipinski definition) is 4. The molecule has 0 heterocycles. The molecule has 6 unspecified atom stereocenters. The number of rotatable bonds is 6. The number of allylic oxidation sites excluding steroid dienone is 2. The second kappa shape index (κ2) is 9.29. The van der Waals surface area contributed by atoms with Gasteiger partial charge in [-0.15, -0.1) is 0 Å². The molecule has 0 aromatic heterocycles. The lowest BCUT2D eigenvalue weighted by Gasteiger charge is -2.39. The maximum absolute atomic E-state index is 12.8. The number of ether oxygens (including phenoxy) is 3. The summed E-state index contributed by atoms with van der Waals surface area (Å²) in [5.41, 5.74) is 0. The van der Waals surface area contributed by atoms with Gasteiger partial charge in [-0.1, -0.05) is 26.8 Å². The summed E-state index contributed by atoms with van der Waals surface area (Å²) in [7, 11) is 5.13. The molecule has 0 bridgehead atoms. The lowest BCUT2D eigenvalue weighted by atomic mass is 9.68. The maximum atomic E-state index is 12.8. The molecule has 0 radical (unpaired) electrons. The van der Waals surface area contributed by atoms with Crippen LogP contribution >= 0.6 is 0 Å². The van der Waals surface area contributed by atoms with Gasteiger partial charge >= 0.3 is 0 Å². The van der Waals surface area contributed by atoms with E-state index in [1.807, 2.05) is 6.08 Å². The topological polar surface area (TPSA) is 44.8 Å². The Kier molecular flexibility index (Phi) is 7.66. The van der Waals surface area contributed by atoms with Gasteiger partial charge in [-0.3, -0.25) is 4.79 Å². The second-order valence-electron chi connectivity index (χ2n) is 8.25. The molecule has 2 saturated carbocycles. The lowest BCUT2D eigenvalue weighted by molar-refractivity contribution is -0.136. The average Bonchev–Trinajstić information content (AvgIpc) is 2.61. The van der Waals surface area contributed by atoms with Crippen molar-refractivity contribution in [2.75, 3.05) is 21.3 Å². The number of carbonyl (C=O) groups is 1. The van der Waals surface area contributed by atoms with Crippen molar-refractivity contribution in [3.63, 3.8) is 0 Å². The highest BCUT2D eigenvalue weighted by Gasteiger charge is 2.38. The minimum atomic E-state index is -0.0453. The van der Waals surface area contributed by atoms with E-state index >= 15 is 0 Å². The van der Waals surface area contributed by atoms with Gasteiger partial charge in [0.2, 0.25) is 0 Å². The van der Waals surface area contributed by atoms with E-state index in [0.29, 0.717) is 23.5 Å². The predicted molar refractivity (Wildman–Crippen MR) is 99.5 cm³/mol. The summed E-state index contributed by atoms with van der Waals surface area (Å²) < 4.78 is 16.8. The monoisotopic (exact) mass is 352 g/mol. The van der Waals surface area contributed by atoms with E-state index in [9.17, 15) is 4.79 Å². The largest absolute Gasteiger partial charge is 0.379 e. The van der Waals surface area contributed by atoms with Gasteiger partial charge in [0.25, 0.3) is 0 Å². The number of hydrogen-bond donors (Lipinski definition) is 0. The molecule has 0 N–H and O–H groups in total. The Labute approximate surface area is 153 Å². The molecule has 0 amide bonds. The Morgan fingerprint density at radius 2 is 1.36 bits per heavy atom. The molecule has 0 aromatic carbocycles. The molecule has 2 aliphatic carbocycles. The lowest BCUT2D eigenvalue weighted by Crippen LogP contribution is -2.47. The van der Waals surface area contributed by atoms with Crippen LogP contribution in [0.5, 0.6) is 0 Å². The Balaban J connectivity index is 1.99. The number of ketones is 1. The highest BCUT2D eigenvalue weighted by molar-refractivity contribution is 5.92. The van der Waals surface area contributed by atoms with E-state index in [1.165, 1.54) is 0 Å². The molecule has 2 aliphatic rings. The quantitative estimate of drug-likeness (QED) is 0.681. The van der Waals surface area contributed by atoms with Gasteiger partial charge in [-0.25, -0.2) is 0 Å². The van der Waals surface area contributed by atoms with Gasteiger partial charge < -0.3 is 14.2 Å². The van der Waals surface area contributed by atoms with Crippen molar-refractivity contribution in [1.82, 2.24) is 0 Å². The van der Waals surface area contributed by atoms with Crippen LogP contribution in [0.15, 0.2) is 12.2 Å². The Bertz CT molecular complexity index is 447. The second-order valence-corrected chi connectivity index (χ2v) is 8.25. The Hall–Kier alpha value is -0.710. The standard InChI is InChI=1S/C21H36O4/c1-13-9-15(3)17(10-14(13)2)18(22)8-7-16-11-19(23-4)21(25-6)20(12-16)24-5/h7-8,13-17,19-21H,9-12H2,1-6H3/b8-7+. The minimum absolute atomic E-state index is 0.00271. The van der Waals surface area contributed by atoms with Crippen molar-refractivity contribution in [2.45, 2.75) is 64.8 Å². The van der Waals surface area contributed by atoms with Crippen LogP contribution in [0.2, 0.25) is 0 Å². The van der Waals surface area contributed by atoms with Crippen molar-refractivity contribution in [3.05, 3.63) is 12.2 Å². The molecule has 0 spiro atoms. The molecule has 4 heteroatoms. The van der Waals surface area contributed by atoms with E-state index in [0.717, 1.165) is 31.6 Å². The summed E-state index contributed by atoms with van der Waals surface area (Å²) in [4.78, 5) is 12.8. The molecule has 0 saturated heterocycles. The minimum Gasteiger partial charge on any atom is -0.379 e. The van der Waals surface area contributed by atoms with Crippen LogP contribution in [0.3, 0.4) is 0 Å². The molecular formula is C21H36O4. The van der Waals surface area contributed by atoms with E-state index in [-0.39, 0.29) is 24.2 Å². The molecule has 2 rings (SSSR count). The molecule has 25 heavy (non-hydrogen) atoms. The summed E-state index contributed by atoms with van der Waals surface area (Å²) in [5, 5.41) is 0. The molecule has 0 aromatic rings. The zero-order chi connectivity index (χ0) is 18.6. The average molecular weight is 353 g/mol. The SMILES string of the molecule is COC1CC(/C=C/C(=O)C2CC(C)C(C)CC2C)CC(OC)C1OC. The first kappa shape index (κ1) is 20.6. The van der Waals surface area contributed by atoms with Gasteiger partial charge in [0, 0.05) is 27.2 Å². The Morgan fingerprint density at radius 3 is 1.88 bits per heavy atom. The van der Waals surface area contributed by atoms with Crippen molar-refractivity contribution in [1.29, 1.82) is 0 Å². The molecular weight excluding hydrogens is 316 g/mol. The summed E-state index contributed by atoms with van der Waals surface area (Å²) in [5.74, 6) is 2.59. The van der Waals surface area contributed by atoms with Crippen molar-refractivity contribution < 1.29 is 19.0 Å². The highest BCUT2D eigenvalue weighted by Crippen LogP contribution is 2.38. The summed E-state index contributed by atoms with van der Waals surface area (Å²) in [6.45, 7) is 6.81. The van der Waals surface area contributed by atoms with E-state index in [1.54, 1.807) is 21.3 Å². The summed E-state index contributed by atoms with van der Waals surface area (Å²) >= 11 is 0. The van der Waals surface area contributed by atoms with Crippen LogP contribution in [-0.4, -0.2) is 45.4 Å². The zero-order valence-corrected chi connectivity index (χ0v) is 16.7. The zero-order valence-electron chi connectivity index (χ0n) is 16.7. The van der Waals surface area contributed by atoms with Gasteiger partial charge in [0.05, 0.1) is 12.2 Å². The van der Waals surface area contributed by atoms with Gasteiger partial charge in [0.15, 0.2) is 5.78 Å². The van der Waals surface area contributed by atoms with Crippen molar-refractivity contribution >= 4 is 5.78 Å². The van der Waals surface area contributed by atoms with Gasteiger partial charge in [0.1, 0.15) is 6.10 Å². The van der Waals surface area contributed by atoms with Crippen LogP contribution in [0, 0.1) is 29.6 Å². The van der Waals surface area contributed by atoms with Gasteiger partial charge in [-0.05, 0) is 55.4 Å². The van der Waals surface area contributed by atoms with E-state index in [2.05, 4.69) is 26.8 Å². The smallest absolute Gasteiger partial charge is 0.158 e. The van der Waals surface area contributed by atoms with Crippen molar-refractivity contribution in [3.8, 4) is 0 Å².